The van der Waals surface area contributed by atoms with Crippen LogP contribution in [0, 0.1) is 5.92 Å². The van der Waals surface area contributed by atoms with Crippen molar-refractivity contribution in [2.75, 3.05) is 20.2 Å². The second kappa shape index (κ2) is 5.56. The van der Waals surface area contributed by atoms with Crippen molar-refractivity contribution in [3.63, 3.8) is 0 Å². The van der Waals surface area contributed by atoms with Gasteiger partial charge in [-0.15, -0.1) is 0 Å². The minimum absolute atomic E-state index is 0.0648. The molecule has 6 heteroatoms. The molecule has 104 valence electrons. The van der Waals surface area contributed by atoms with Gasteiger partial charge in [-0.1, -0.05) is 0 Å². The Balaban J connectivity index is 2.51. The third-order valence-corrected chi connectivity index (χ3v) is 2.86. The molecule has 1 amide bonds. The molecule has 0 aromatic rings. The molecule has 0 bridgehead atoms. The van der Waals surface area contributed by atoms with E-state index in [0.717, 1.165) is 0 Å². The minimum Gasteiger partial charge on any atom is -0.468 e. The molecule has 1 saturated heterocycles. The number of carbonyl (C=O) groups excluding carboxylic acids is 2. The van der Waals surface area contributed by atoms with Gasteiger partial charge in [-0.25, -0.2) is 4.79 Å². The molecule has 0 aliphatic carbocycles. The van der Waals surface area contributed by atoms with Gasteiger partial charge >= 0.3 is 12.1 Å². The Labute approximate surface area is 107 Å². The Hall–Kier alpha value is -1.30. The number of nitrogens with zero attached hydrogens (tertiary/aromatic N) is 1. The lowest BCUT2D eigenvalue weighted by atomic mass is 10.0. The monoisotopic (exact) mass is 258 g/mol. The molecule has 0 saturated carbocycles. The summed E-state index contributed by atoms with van der Waals surface area (Å²) in [7, 11) is 1.31. The fraction of sp³-hybridized carbons (Fsp3) is 0.833. The van der Waals surface area contributed by atoms with Crippen molar-refractivity contribution in [1.29, 1.82) is 0 Å². The van der Waals surface area contributed by atoms with Crippen LogP contribution in [0.1, 0.15) is 27.2 Å². The number of likely N-dealkylation sites (tertiary alicyclic amines) is 1. The van der Waals surface area contributed by atoms with E-state index in [9.17, 15) is 9.59 Å². The van der Waals surface area contributed by atoms with Crippen LogP contribution in [0.3, 0.4) is 0 Å². The van der Waals surface area contributed by atoms with Gasteiger partial charge in [-0.05, 0) is 27.2 Å². The highest BCUT2D eigenvalue weighted by molar-refractivity contribution is 5.76. The first-order valence-electron chi connectivity index (χ1n) is 6.06. The lowest BCUT2D eigenvalue weighted by Gasteiger charge is -2.24. The Morgan fingerprint density at radius 2 is 2.00 bits per heavy atom. The van der Waals surface area contributed by atoms with Gasteiger partial charge in [-0.2, -0.15) is 0 Å². The molecule has 1 aliphatic rings. The van der Waals surface area contributed by atoms with Gasteiger partial charge in [0.1, 0.15) is 11.6 Å². The number of hydrogen-bond acceptors (Lipinski definition) is 5. The second-order valence-corrected chi connectivity index (χ2v) is 5.52. The number of methoxy groups -OCH3 is 1. The van der Waals surface area contributed by atoms with Crippen molar-refractivity contribution in [3.8, 4) is 0 Å². The average Bonchev–Trinajstić information content (AvgIpc) is 2.73. The molecule has 2 N–H and O–H groups in total. The molecule has 18 heavy (non-hydrogen) atoms. The molecule has 1 heterocycles. The van der Waals surface area contributed by atoms with E-state index in [-0.39, 0.29) is 12.0 Å². The highest BCUT2D eigenvalue weighted by Gasteiger charge is 2.35. The van der Waals surface area contributed by atoms with Crippen LogP contribution in [0.25, 0.3) is 0 Å². The van der Waals surface area contributed by atoms with Crippen LogP contribution in [-0.2, 0) is 14.3 Å². The summed E-state index contributed by atoms with van der Waals surface area (Å²) in [6.07, 6.45) is 0.331. The fourth-order valence-electron chi connectivity index (χ4n) is 1.90. The van der Waals surface area contributed by atoms with Crippen molar-refractivity contribution >= 4 is 12.1 Å². The number of amides is 1. The lowest BCUT2D eigenvalue weighted by molar-refractivity contribution is -0.143. The second-order valence-electron chi connectivity index (χ2n) is 5.52. The zero-order valence-corrected chi connectivity index (χ0v) is 11.4. The summed E-state index contributed by atoms with van der Waals surface area (Å²) < 4.78 is 9.87. The highest BCUT2D eigenvalue weighted by Crippen LogP contribution is 2.21. The van der Waals surface area contributed by atoms with Crippen LogP contribution < -0.4 is 5.73 Å². The molecule has 0 aromatic heterocycles. The average molecular weight is 258 g/mol. The van der Waals surface area contributed by atoms with Crippen molar-refractivity contribution in [2.24, 2.45) is 11.7 Å². The topological polar surface area (TPSA) is 81.9 Å². The third kappa shape index (κ3) is 3.87. The van der Waals surface area contributed by atoms with Crippen LogP contribution >= 0.6 is 0 Å². The van der Waals surface area contributed by atoms with Crippen LogP contribution in [-0.4, -0.2) is 48.8 Å². The van der Waals surface area contributed by atoms with E-state index in [4.69, 9.17) is 10.5 Å². The molecule has 6 nitrogen and oxygen atoms in total. The number of rotatable bonds is 2. The Kier molecular flexibility index (Phi) is 4.56. The van der Waals surface area contributed by atoms with Crippen LogP contribution in [0.15, 0.2) is 0 Å². The van der Waals surface area contributed by atoms with Crippen LogP contribution in [0.2, 0.25) is 0 Å². The van der Waals surface area contributed by atoms with E-state index in [1.165, 1.54) is 7.11 Å². The van der Waals surface area contributed by atoms with Gasteiger partial charge in [0, 0.05) is 19.0 Å². The van der Waals surface area contributed by atoms with Crippen molar-refractivity contribution in [1.82, 2.24) is 4.90 Å². The number of esters is 1. The molecular formula is C12H22N2O4. The van der Waals surface area contributed by atoms with Gasteiger partial charge in [-0.3, -0.25) is 4.79 Å². The summed E-state index contributed by atoms with van der Waals surface area (Å²) in [5, 5.41) is 0. The van der Waals surface area contributed by atoms with Crippen molar-refractivity contribution < 1.29 is 19.1 Å². The number of ether oxygens (including phenoxy) is 2. The Morgan fingerprint density at radius 1 is 1.39 bits per heavy atom. The molecular weight excluding hydrogens is 236 g/mol. The maximum atomic E-state index is 11.8. The third-order valence-electron chi connectivity index (χ3n) is 2.86. The first-order valence-corrected chi connectivity index (χ1v) is 6.06. The van der Waals surface area contributed by atoms with E-state index in [2.05, 4.69) is 4.74 Å². The predicted molar refractivity (Wildman–Crippen MR) is 65.9 cm³/mol. The van der Waals surface area contributed by atoms with Crippen molar-refractivity contribution in [2.45, 2.75) is 38.8 Å². The zero-order chi connectivity index (χ0) is 13.9. The summed E-state index contributed by atoms with van der Waals surface area (Å²) in [4.78, 5) is 24.7. The molecule has 0 aromatic carbocycles. The normalized spacial score (nSPS) is 21.6. The molecule has 0 unspecified atom stereocenters. The Bertz CT molecular complexity index is 325. The summed E-state index contributed by atoms with van der Waals surface area (Å²) in [6, 6.07) is -0.678. The van der Waals surface area contributed by atoms with Gasteiger partial charge < -0.3 is 20.1 Å². The molecule has 1 aliphatic heterocycles. The van der Waals surface area contributed by atoms with Gasteiger partial charge in [0.15, 0.2) is 0 Å². The quantitative estimate of drug-likeness (QED) is 0.739. The fourth-order valence-corrected chi connectivity index (χ4v) is 1.90. The smallest absolute Gasteiger partial charge is 0.410 e. The summed E-state index contributed by atoms with van der Waals surface area (Å²) >= 11 is 0. The summed E-state index contributed by atoms with van der Waals surface area (Å²) in [5.74, 6) is -0.504. The SMILES string of the molecule is COC(=O)[C@H](N)[C@@H]1CCN(C(=O)OC(C)(C)C)C1. The van der Waals surface area contributed by atoms with Gasteiger partial charge in [0.2, 0.25) is 0 Å². The molecule has 1 rings (SSSR count). The molecule has 2 atom stereocenters. The van der Waals surface area contributed by atoms with E-state index in [1.54, 1.807) is 4.90 Å². The van der Waals surface area contributed by atoms with Gasteiger partial charge in [0.25, 0.3) is 0 Å². The number of nitrogens with two attached hydrogens (primary N) is 1. The summed E-state index contributed by atoms with van der Waals surface area (Å²) in [5.41, 5.74) is 5.26. The first-order chi connectivity index (χ1) is 8.24. The lowest BCUT2D eigenvalue weighted by Crippen LogP contribution is -2.41. The van der Waals surface area contributed by atoms with E-state index in [0.29, 0.717) is 19.5 Å². The Morgan fingerprint density at radius 3 is 2.50 bits per heavy atom. The maximum Gasteiger partial charge on any atom is 0.410 e. The molecule has 1 fully saturated rings. The molecule has 0 radical (unpaired) electrons. The van der Waals surface area contributed by atoms with Crippen molar-refractivity contribution in [3.05, 3.63) is 0 Å². The largest absolute Gasteiger partial charge is 0.468 e. The molecule has 0 spiro atoms. The van der Waals surface area contributed by atoms with E-state index < -0.39 is 17.6 Å². The highest BCUT2D eigenvalue weighted by atomic mass is 16.6. The first kappa shape index (κ1) is 14.8. The van der Waals surface area contributed by atoms with Crippen LogP contribution in [0.5, 0.6) is 0 Å². The zero-order valence-electron chi connectivity index (χ0n) is 11.4. The number of carbonyl (C=O) groups is 2. The predicted octanol–water partition coefficient (Wildman–Crippen LogP) is 0.744. The van der Waals surface area contributed by atoms with Crippen LogP contribution in [0.4, 0.5) is 4.79 Å². The minimum atomic E-state index is -0.678. The van der Waals surface area contributed by atoms with E-state index >= 15 is 0 Å². The van der Waals surface area contributed by atoms with E-state index in [1.807, 2.05) is 20.8 Å². The standard InChI is InChI=1S/C12H22N2O4/c1-12(2,3)18-11(16)14-6-5-8(7-14)9(13)10(15)17-4/h8-9H,5-7,13H2,1-4H3/t8-,9-/m1/s1. The van der Waals surface area contributed by atoms with Gasteiger partial charge in [0.05, 0.1) is 7.11 Å². The maximum absolute atomic E-state index is 11.8. The summed E-state index contributed by atoms with van der Waals surface area (Å²) in [6.45, 7) is 6.45. The number of hydrogen-bond donors (Lipinski definition) is 1.